The van der Waals surface area contributed by atoms with Gasteiger partial charge in [-0.3, -0.25) is 4.79 Å². The second-order valence-corrected chi connectivity index (χ2v) is 5.67. The van der Waals surface area contributed by atoms with Crippen LogP contribution in [0.2, 0.25) is 5.02 Å². The minimum Gasteiger partial charge on any atom is -0.481 e. The summed E-state index contributed by atoms with van der Waals surface area (Å²) in [4.78, 5) is 23.0. The number of carbonyl (C=O) groups excluding carboxylic acids is 1. The summed E-state index contributed by atoms with van der Waals surface area (Å²) < 4.78 is 13.0. The van der Waals surface area contributed by atoms with Gasteiger partial charge in [-0.25, -0.2) is 9.18 Å². The van der Waals surface area contributed by atoms with Crippen LogP contribution in [0.4, 0.5) is 14.9 Å². The summed E-state index contributed by atoms with van der Waals surface area (Å²) in [5.74, 6) is -1.51. The van der Waals surface area contributed by atoms with Crippen molar-refractivity contribution in [2.24, 2.45) is 0 Å². The first kappa shape index (κ1) is 15.6. The number of nitrogens with one attached hydrogen (secondary N) is 2. The first-order chi connectivity index (χ1) is 9.90. The van der Waals surface area contributed by atoms with Gasteiger partial charge in [0.15, 0.2) is 0 Å². The number of urea groups is 1. The molecule has 0 spiro atoms. The lowest BCUT2D eigenvalue weighted by Crippen LogP contribution is -2.49. The van der Waals surface area contributed by atoms with Crippen LogP contribution in [0.15, 0.2) is 18.2 Å². The maximum Gasteiger partial charge on any atom is 0.319 e. The molecule has 0 radical (unpaired) electrons. The number of hydrogen-bond acceptors (Lipinski definition) is 2. The molecule has 114 valence electrons. The predicted molar refractivity (Wildman–Crippen MR) is 77.0 cm³/mol. The smallest absolute Gasteiger partial charge is 0.319 e. The van der Waals surface area contributed by atoms with E-state index < -0.39 is 23.4 Å². The van der Waals surface area contributed by atoms with Crippen LogP contribution in [-0.4, -0.2) is 22.6 Å². The highest BCUT2D eigenvalue weighted by Crippen LogP contribution is 2.32. The molecule has 2 rings (SSSR count). The molecule has 0 saturated heterocycles. The van der Waals surface area contributed by atoms with Crippen LogP contribution >= 0.6 is 11.6 Å². The average Bonchev–Trinajstić information content (AvgIpc) is 2.80. The third kappa shape index (κ3) is 4.07. The first-order valence-corrected chi connectivity index (χ1v) is 7.04. The van der Waals surface area contributed by atoms with Gasteiger partial charge in [-0.2, -0.15) is 0 Å². The molecular weight excluding hydrogens is 299 g/mol. The third-order valence-electron chi connectivity index (χ3n) is 3.61. The van der Waals surface area contributed by atoms with Gasteiger partial charge in [-0.1, -0.05) is 24.4 Å². The number of amides is 2. The number of hydrogen-bond donors (Lipinski definition) is 3. The lowest BCUT2D eigenvalue weighted by molar-refractivity contribution is -0.138. The van der Waals surface area contributed by atoms with Crippen molar-refractivity contribution in [3.05, 3.63) is 29.0 Å². The van der Waals surface area contributed by atoms with Crippen LogP contribution in [0.3, 0.4) is 0 Å². The second-order valence-electron chi connectivity index (χ2n) is 5.27. The third-order valence-corrected chi connectivity index (χ3v) is 3.90. The standard InChI is InChI=1S/C14H16ClFN2O3/c15-10-7-9(3-4-11(10)16)17-13(21)18-14(8-12(19)20)5-1-2-6-14/h3-4,7H,1-2,5-6,8H2,(H,19,20)(H2,17,18,21). The van der Waals surface area contributed by atoms with E-state index in [0.717, 1.165) is 18.9 Å². The van der Waals surface area contributed by atoms with E-state index in [9.17, 15) is 14.0 Å². The number of halogens is 2. The summed E-state index contributed by atoms with van der Waals surface area (Å²) in [6, 6.07) is 3.33. The van der Waals surface area contributed by atoms with Crippen LogP contribution in [0.25, 0.3) is 0 Å². The molecule has 0 aliphatic heterocycles. The van der Waals surface area contributed by atoms with E-state index in [1.54, 1.807) is 0 Å². The topological polar surface area (TPSA) is 78.4 Å². The highest BCUT2D eigenvalue weighted by molar-refractivity contribution is 6.31. The zero-order valence-corrected chi connectivity index (χ0v) is 12.0. The van der Waals surface area contributed by atoms with Gasteiger partial charge in [0.05, 0.1) is 17.0 Å². The Kier molecular flexibility index (Phi) is 4.67. The number of anilines is 1. The van der Waals surface area contributed by atoms with Crippen molar-refractivity contribution in [2.75, 3.05) is 5.32 Å². The number of benzene rings is 1. The fourth-order valence-electron chi connectivity index (χ4n) is 2.66. The average molecular weight is 315 g/mol. The number of carboxylic acid groups (broad SMARTS) is 1. The van der Waals surface area contributed by atoms with Crippen molar-refractivity contribution >= 4 is 29.3 Å². The summed E-state index contributed by atoms with van der Waals surface area (Å²) >= 11 is 5.64. The van der Waals surface area contributed by atoms with Crippen LogP contribution in [0.1, 0.15) is 32.1 Å². The molecule has 0 aromatic heterocycles. The van der Waals surface area contributed by atoms with E-state index in [-0.39, 0.29) is 11.4 Å². The van der Waals surface area contributed by atoms with Crippen molar-refractivity contribution in [2.45, 2.75) is 37.6 Å². The summed E-state index contributed by atoms with van der Waals surface area (Å²) in [7, 11) is 0. The molecule has 1 saturated carbocycles. The maximum absolute atomic E-state index is 13.0. The second kappa shape index (κ2) is 6.30. The Labute approximate surface area is 126 Å². The highest BCUT2D eigenvalue weighted by atomic mass is 35.5. The Morgan fingerprint density at radius 2 is 2.00 bits per heavy atom. The van der Waals surface area contributed by atoms with Crippen molar-refractivity contribution in [3.63, 3.8) is 0 Å². The van der Waals surface area contributed by atoms with Gasteiger partial charge in [-0.05, 0) is 31.0 Å². The lowest BCUT2D eigenvalue weighted by atomic mass is 9.93. The molecule has 1 aromatic rings. The molecule has 1 aromatic carbocycles. The van der Waals surface area contributed by atoms with Crippen LogP contribution in [0, 0.1) is 5.82 Å². The molecule has 2 amide bonds. The molecule has 1 aliphatic carbocycles. The zero-order valence-electron chi connectivity index (χ0n) is 11.3. The molecule has 0 unspecified atom stereocenters. The van der Waals surface area contributed by atoms with Gasteiger partial charge in [0, 0.05) is 5.69 Å². The fraction of sp³-hybridized carbons (Fsp3) is 0.429. The molecule has 1 aliphatic rings. The van der Waals surface area contributed by atoms with Crippen molar-refractivity contribution in [3.8, 4) is 0 Å². The molecule has 0 atom stereocenters. The zero-order chi connectivity index (χ0) is 15.5. The minimum atomic E-state index is -0.943. The van der Waals surface area contributed by atoms with E-state index in [4.69, 9.17) is 16.7 Å². The molecule has 0 bridgehead atoms. The molecule has 1 fully saturated rings. The molecule has 5 nitrogen and oxygen atoms in total. The molecular formula is C14H16ClFN2O3. The monoisotopic (exact) mass is 314 g/mol. The first-order valence-electron chi connectivity index (χ1n) is 6.66. The number of aliphatic carboxylic acids is 1. The van der Waals surface area contributed by atoms with E-state index in [2.05, 4.69) is 10.6 Å². The summed E-state index contributed by atoms with van der Waals surface area (Å²) in [6.07, 6.45) is 2.93. The maximum atomic E-state index is 13.0. The van der Waals surface area contributed by atoms with Crippen LogP contribution < -0.4 is 10.6 Å². The van der Waals surface area contributed by atoms with Crippen molar-refractivity contribution < 1.29 is 19.1 Å². The summed E-state index contributed by atoms with van der Waals surface area (Å²) in [5.41, 5.74) is -0.359. The van der Waals surface area contributed by atoms with Crippen LogP contribution in [0.5, 0.6) is 0 Å². The Hall–Kier alpha value is -1.82. The number of carboxylic acids is 1. The van der Waals surface area contributed by atoms with Gasteiger partial charge in [0.2, 0.25) is 0 Å². The summed E-state index contributed by atoms with van der Waals surface area (Å²) in [5, 5.41) is 14.2. The fourth-order valence-corrected chi connectivity index (χ4v) is 2.84. The van der Waals surface area contributed by atoms with Gasteiger partial charge in [0.1, 0.15) is 5.82 Å². The Bertz CT molecular complexity index is 559. The lowest BCUT2D eigenvalue weighted by Gasteiger charge is -2.28. The normalized spacial score (nSPS) is 16.5. The van der Waals surface area contributed by atoms with Crippen molar-refractivity contribution in [1.82, 2.24) is 5.32 Å². The highest BCUT2D eigenvalue weighted by Gasteiger charge is 2.37. The Balaban J connectivity index is 2.02. The summed E-state index contributed by atoms with van der Waals surface area (Å²) in [6.45, 7) is 0. The molecule has 0 heterocycles. The van der Waals surface area contributed by atoms with E-state index in [1.807, 2.05) is 0 Å². The van der Waals surface area contributed by atoms with Crippen LogP contribution in [-0.2, 0) is 4.79 Å². The predicted octanol–water partition coefficient (Wildman–Crippen LogP) is 3.39. The number of rotatable bonds is 4. The Morgan fingerprint density at radius 3 is 2.57 bits per heavy atom. The largest absolute Gasteiger partial charge is 0.481 e. The van der Waals surface area contributed by atoms with Gasteiger partial charge in [-0.15, -0.1) is 0 Å². The van der Waals surface area contributed by atoms with Gasteiger partial charge in [0.25, 0.3) is 0 Å². The Morgan fingerprint density at radius 1 is 1.33 bits per heavy atom. The molecule has 7 heteroatoms. The van der Waals surface area contributed by atoms with Gasteiger partial charge >= 0.3 is 12.0 Å². The van der Waals surface area contributed by atoms with E-state index in [0.29, 0.717) is 18.5 Å². The molecule has 3 N–H and O–H groups in total. The van der Waals surface area contributed by atoms with E-state index in [1.165, 1.54) is 12.1 Å². The SMILES string of the molecule is O=C(O)CC1(NC(=O)Nc2ccc(F)c(Cl)c2)CCCC1. The quantitative estimate of drug-likeness (QED) is 0.797. The van der Waals surface area contributed by atoms with Gasteiger partial charge < -0.3 is 15.7 Å². The van der Waals surface area contributed by atoms with E-state index >= 15 is 0 Å². The number of carbonyl (C=O) groups is 2. The van der Waals surface area contributed by atoms with Crippen molar-refractivity contribution in [1.29, 1.82) is 0 Å². The minimum absolute atomic E-state index is 0.0890. The molecule has 21 heavy (non-hydrogen) atoms.